The van der Waals surface area contributed by atoms with Crippen molar-refractivity contribution >= 4 is 35.0 Å². The second kappa shape index (κ2) is 12.3. The lowest BCUT2D eigenvalue weighted by Crippen LogP contribution is -2.36. The fourth-order valence-corrected chi connectivity index (χ4v) is 5.15. The van der Waals surface area contributed by atoms with E-state index in [1.165, 1.54) is 34.5 Å². The lowest BCUT2D eigenvalue weighted by molar-refractivity contribution is -0.121. The van der Waals surface area contributed by atoms with Gasteiger partial charge in [-0.25, -0.2) is 4.79 Å². The number of rotatable bonds is 8. The van der Waals surface area contributed by atoms with Gasteiger partial charge in [-0.15, -0.1) is 0 Å². The smallest absolute Gasteiger partial charge is 0.495 e. The van der Waals surface area contributed by atoms with Crippen LogP contribution in [0.5, 0.6) is 11.6 Å². The summed E-state index contributed by atoms with van der Waals surface area (Å²) in [6.45, 7) is 0.569. The van der Waals surface area contributed by atoms with Crippen LogP contribution >= 0.6 is 11.6 Å². The van der Waals surface area contributed by atoms with E-state index < -0.39 is 23.7 Å². The number of carboxylic acid groups (broad SMARTS) is 1. The quantitative estimate of drug-likeness (QED) is 0.272. The van der Waals surface area contributed by atoms with Crippen LogP contribution in [0.25, 0.3) is 16.8 Å². The molecule has 1 unspecified atom stereocenters. The van der Waals surface area contributed by atoms with Crippen LogP contribution in [0, 0.1) is 11.3 Å². The zero-order valence-corrected chi connectivity index (χ0v) is 23.2. The van der Waals surface area contributed by atoms with Gasteiger partial charge in [-0.3, -0.25) is 14.2 Å². The highest BCUT2D eigenvalue weighted by atomic mass is 35.5. The molecule has 0 saturated carbocycles. The molecule has 12 nitrogen and oxygen atoms in total. The molecule has 4 heterocycles. The zero-order chi connectivity index (χ0) is 29.8. The van der Waals surface area contributed by atoms with E-state index in [9.17, 15) is 19.6 Å². The Balaban J connectivity index is 1.51. The number of carbonyl (C=O) groups is 2. The summed E-state index contributed by atoms with van der Waals surface area (Å²) in [7, 11) is 1.44. The first-order valence-corrected chi connectivity index (χ1v) is 13.5. The van der Waals surface area contributed by atoms with Gasteiger partial charge in [0.15, 0.2) is 0 Å². The first kappa shape index (κ1) is 28.7. The van der Waals surface area contributed by atoms with Gasteiger partial charge in [0.1, 0.15) is 17.4 Å². The van der Waals surface area contributed by atoms with Crippen molar-refractivity contribution in [3.05, 3.63) is 75.9 Å². The molecular weight excluding hydrogens is 566 g/mol. The fraction of sp³-hybridized carbons (Fsp3) is 0.276. The number of fused-ring (bicyclic) bond motifs is 1. The summed E-state index contributed by atoms with van der Waals surface area (Å²) in [6.07, 6.45) is 5.50. The van der Waals surface area contributed by atoms with Crippen molar-refractivity contribution < 1.29 is 28.9 Å². The van der Waals surface area contributed by atoms with Gasteiger partial charge in [0, 0.05) is 41.4 Å². The Bertz CT molecular complexity index is 1750. The molecule has 0 spiro atoms. The number of amides is 1. The summed E-state index contributed by atoms with van der Waals surface area (Å²) in [5.41, 5.74) is 1.43. The molecule has 216 valence electrons. The first-order chi connectivity index (χ1) is 20.2. The number of hydrogen-bond donors (Lipinski definition) is 2. The highest BCUT2D eigenvalue weighted by molar-refractivity contribution is 6.31. The van der Waals surface area contributed by atoms with Crippen molar-refractivity contribution in [3.63, 3.8) is 0 Å². The highest BCUT2D eigenvalue weighted by Gasteiger charge is 2.29. The number of ether oxygens (including phenoxy) is 3. The predicted octanol–water partition coefficient (Wildman–Crippen LogP) is 4.89. The van der Waals surface area contributed by atoms with Gasteiger partial charge in [-0.2, -0.15) is 10.2 Å². The monoisotopic (exact) mass is 591 g/mol. The van der Waals surface area contributed by atoms with Crippen LogP contribution < -0.4 is 20.3 Å². The van der Waals surface area contributed by atoms with E-state index >= 15 is 0 Å². The topological polar surface area (TPSA) is 157 Å². The maximum absolute atomic E-state index is 13.8. The number of carbonyl (C=O) groups excluding carboxylic acids is 1. The van der Waals surface area contributed by atoms with E-state index in [4.69, 9.17) is 26.2 Å². The molecule has 1 fully saturated rings. The Labute approximate surface area is 244 Å². The number of nitriles is 1. The van der Waals surface area contributed by atoms with Gasteiger partial charge in [-0.1, -0.05) is 11.6 Å². The van der Waals surface area contributed by atoms with E-state index in [1.807, 2.05) is 0 Å². The second-order valence-electron chi connectivity index (χ2n) is 9.66. The Morgan fingerprint density at radius 3 is 2.76 bits per heavy atom. The molecule has 42 heavy (non-hydrogen) atoms. The molecule has 1 amide bonds. The maximum Gasteiger partial charge on any atom is 0.512 e. The third-order valence-electron chi connectivity index (χ3n) is 6.94. The molecule has 5 rings (SSSR count). The SMILES string of the molecule is COc1cn(C(C[C@@H]2CCCCO2)C(=O)Nc2ccc3nc(OC(=O)O)cn3c2)c(=O)cc1-c1cc(Cl)ccc1C#N. The third-order valence-corrected chi connectivity index (χ3v) is 7.18. The van der Waals surface area contributed by atoms with Gasteiger partial charge in [0.05, 0.1) is 42.9 Å². The van der Waals surface area contributed by atoms with Crippen LogP contribution in [-0.4, -0.2) is 50.9 Å². The average Bonchev–Trinajstić information content (AvgIpc) is 3.37. The van der Waals surface area contributed by atoms with E-state index in [1.54, 1.807) is 36.5 Å². The van der Waals surface area contributed by atoms with E-state index in [0.717, 1.165) is 19.3 Å². The van der Waals surface area contributed by atoms with E-state index in [2.05, 4.69) is 21.1 Å². The molecule has 1 aliphatic heterocycles. The number of nitrogens with one attached hydrogen (secondary N) is 1. The number of imidazole rings is 1. The number of anilines is 1. The van der Waals surface area contributed by atoms with Crippen LogP contribution in [0.4, 0.5) is 10.5 Å². The maximum atomic E-state index is 13.8. The summed E-state index contributed by atoms with van der Waals surface area (Å²) in [6, 6.07) is 10.4. The van der Waals surface area contributed by atoms with Crippen molar-refractivity contribution in [1.82, 2.24) is 14.0 Å². The normalized spacial score (nSPS) is 15.5. The summed E-state index contributed by atoms with van der Waals surface area (Å²) < 4.78 is 18.9. The highest BCUT2D eigenvalue weighted by Crippen LogP contribution is 2.34. The molecule has 4 aromatic rings. The van der Waals surface area contributed by atoms with Gasteiger partial charge in [0.25, 0.3) is 5.56 Å². The lowest BCUT2D eigenvalue weighted by atomic mass is 9.99. The molecule has 0 radical (unpaired) electrons. The minimum atomic E-state index is -1.49. The molecule has 2 atom stereocenters. The predicted molar refractivity (Wildman–Crippen MR) is 152 cm³/mol. The molecule has 1 aromatic carbocycles. The minimum absolute atomic E-state index is 0.115. The molecule has 1 aliphatic rings. The molecule has 2 N–H and O–H groups in total. The largest absolute Gasteiger partial charge is 0.512 e. The summed E-state index contributed by atoms with van der Waals surface area (Å²) in [4.78, 5) is 42.3. The summed E-state index contributed by atoms with van der Waals surface area (Å²) in [5.74, 6) is -0.305. The van der Waals surface area contributed by atoms with Gasteiger partial charge >= 0.3 is 6.16 Å². The van der Waals surface area contributed by atoms with Crippen molar-refractivity contribution in [1.29, 1.82) is 5.26 Å². The second-order valence-corrected chi connectivity index (χ2v) is 10.1. The summed E-state index contributed by atoms with van der Waals surface area (Å²) in [5, 5.41) is 21.7. The Morgan fingerprint density at radius 1 is 1.21 bits per heavy atom. The third kappa shape index (κ3) is 6.22. The van der Waals surface area contributed by atoms with Gasteiger partial charge in [-0.05, 0) is 49.6 Å². The first-order valence-electron chi connectivity index (χ1n) is 13.1. The number of pyridine rings is 2. The summed E-state index contributed by atoms with van der Waals surface area (Å²) >= 11 is 6.19. The van der Waals surface area contributed by atoms with Crippen molar-refractivity contribution in [2.75, 3.05) is 19.0 Å². The van der Waals surface area contributed by atoms with E-state index in [-0.39, 0.29) is 24.2 Å². The van der Waals surface area contributed by atoms with Crippen LogP contribution in [-0.2, 0) is 9.53 Å². The average molecular weight is 592 g/mol. The van der Waals surface area contributed by atoms with Crippen LogP contribution in [0.3, 0.4) is 0 Å². The number of nitrogens with zero attached hydrogens (tertiary/aromatic N) is 4. The Morgan fingerprint density at radius 2 is 2.05 bits per heavy atom. The molecular formula is C29H26ClN5O7. The van der Waals surface area contributed by atoms with Crippen molar-refractivity contribution in [3.8, 4) is 28.8 Å². The van der Waals surface area contributed by atoms with E-state index in [0.29, 0.717) is 39.7 Å². The number of halogens is 1. The fourth-order valence-electron chi connectivity index (χ4n) is 4.98. The molecule has 13 heteroatoms. The van der Waals surface area contributed by atoms with Gasteiger partial charge in [0.2, 0.25) is 11.8 Å². The standard InChI is InChI=1S/C29H26ClN5O7/c1-40-24-15-35(27(36)12-22(24)21-10-18(30)6-5-17(21)13-31)23(11-20-4-2-3-9-41-20)28(37)32-19-7-8-25-33-26(42-29(38)39)16-34(25)14-19/h5-8,10,12,14-16,20,23H,2-4,9,11H2,1H3,(H,32,37)(H,38,39)/t20-,23?/m0/s1. The Kier molecular flexibility index (Phi) is 8.42. The van der Waals surface area contributed by atoms with Crippen molar-refractivity contribution in [2.24, 2.45) is 0 Å². The van der Waals surface area contributed by atoms with Crippen LogP contribution in [0.2, 0.25) is 5.02 Å². The lowest BCUT2D eigenvalue weighted by Gasteiger charge is -2.28. The molecule has 1 saturated heterocycles. The number of methoxy groups -OCH3 is 1. The van der Waals surface area contributed by atoms with Crippen LogP contribution in [0.15, 0.2) is 59.8 Å². The van der Waals surface area contributed by atoms with Crippen molar-refractivity contribution in [2.45, 2.75) is 37.8 Å². The molecule has 0 bridgehead atoms. The zero-order valence-electron chi connectivity index (χ0n) is 22.4. The number of hydrogen-bond acceptors (Lipinski definition) is 8. The molecule has 3 aromatic heterocycles. The number of benzene rings is 1. The minimum Gasteiger partial charge on any atom is -0.495 e. The number of aromatic nitrogens is 3. The Hall–Kier alpha value is -4.86. The van der Waals surface area contributed by atoms with Crippen LogP contribution in [0.1, 0.15) is 37.3 Å². The van der Waals surface area contributed by atoms with Gasteiger partial charge < -0.3 is 29.0 Å². The molecule has 0 aliphatic carbocycles.